The van der Waals surface area contributed by atoms with Gasteiger partial charge in [-0.2, -0.15) is 0 Å². The first kappa shape index (κ1) is 12.8. The zero-order valence-electron chi connectivity index (χ0n) is 11.0. The van der Waals surface area contributed by atoms with E-state index in [-0.39, 0.29) is 5.91 Å². The maximum atomic E-state index is 12.0. The van der Waals surface area contributed by atoms with Crippen molar-refractivity contribution in [1.29, 1.82) is 0 Å². The van der Waals surface area contributed by atoms with Crippen molar-refractivity contribution >= 4 is 11.7 Å². The molecule has 0 aliphatic heterocycles. The van der Waals surface area contributed by atoms with Crippen LogP contribution in [0.25, 0.3) is 0 Å². The number of anilines is 1. The Morgan fingerprint density at radius 1 is 1.44 bits per heavy atom. The molecule has 0 radical (unpaired) electrons. The minimum absolute atomic E-state index is 0.137. The summed E-state index contributed by atoms with van der Waals surface area (Å²) in [5.74, 6) is 0.472. The molecule has 1 aliphatic carbocycles. The molecule has 1 amide bonds. The molecule has 0 unspecified atom stereocenters. The van der Waals surface area contributed by atoms with Crippen LogP contribution >= 0.6 is 0 Å². The number of hydrogen-bond donors (Lipinski definition) is 2. The van der Waals surface area contributed by atoms with E-state index >= 15 is 0 Å². The van der Waals surface area contributed by atoms with Crippen molar-refractivity contribution < 1.29 is 4.79 Å². The molecule has 0 saturated heterocycles. The molecule has 1 aromatic heterocycles. The normalized spacial score (nSPS) is 16.1. The van der Waals surface area contributed by atoms with Gasteiger partial charge in [-0.1, -0.05) is 13.3 Å². The third-order valence-corrected chi connectivity index (χ3v) is 3.48. The fraction of sp³-hybridized carbons (Fsp3) is 0.615. The van der Waals surface area contributed by atoms with E-state index in [1.165, 1.54) is 31.9 Å². The van der Waals surface area contributed by atoms with Crippen LogP contribution in [0.4, 0.5) is 5.82 Å². The first-order chi connectivity index (χ1) is 8.69. The fourth-order valence-corrected chi connectivity index (χ4v) is 2.18. The van der Waals surface area contributed by atoms with Crippen molar-refractivity contribution in [3.05, 3.63) is 18.1 Å². The number of rotatable bonds is 6. The third-order valence-electron chi connectivity index (χ3n) is 3.48. The molecule has 18 heavy (non-hydrogen) atoms. The van der Waals surface area contributed by atoms with Gasteiger partial charge in [0.2, 0.25) is 0 Å². The van der Waals surface area contributed by atoms with Gasteiger partial charge in [0.25, 0.3) is 5.91 Å². The van der Waals surface area contributed by atoms with Crippen LogP contribution in [0.5, 0.6) is 0 Å². The van der Waals surface area contributed by atoms with Crippen molar-refractivity contribution in [2.45, 2.75) is 32.6 Å². The van der Waals surface area contributed by atoms with E-state index in [1.807, 2.05) is 0 Å². The largest absolute Gasteiger partial charge is 0.372 e. The van der Waals surface area contributed by atoms with Gasteiger partial charge < -0.3 is 10.6 Å². The van der Waals surface area contributed by atoms with E-state index in [0.29, 0.717) is 16.9 Å². The van der Waals surface area contributed by atoms with Crippen molar-refractivity contribution in [2.75, 3.05) is 18.9 Å². The summed E-state index contributed by atoms with van der Waals surface area (Å²) < 4.78 is 0. The molecule has 1 aliphatic rings. The molecule has 1 heterocycles. The second kappa shape index (κ2) is 5.33. The smallest absolute Gasteiger partial charge is 0.271 e. The Kier molecular flexibility index (Phi) is 3.79. The van der Waals surface area contributed by atoms with E-state index in [1.54, 1.807) is 13.2 Å². The topological polar surface area (TPSA) is 66.9 Å². The first-order valence-corrected chi connectivity index (χ1v) is 6.47. The van der Waals surface area contributed by atoms with E-state index in [4.69, 9.17) is 0 Å². The molecule has 1 fully saturated rings. The van der Waals surface area contributed by atoms with Crippen LogP contribution in [-0.2, 0) is 0 Å². The molecule has 5 nitrogen and oxygen atoms in total. The average molecular weight is 248 g/mol. The van der Waals surface area contributed by atoms with Gasteiger partial charge in [-0.05, 0) is 24.7 Å². The quantitative estimate of drug-likeness (QED) is 0.806. The Hall–Kier alpha value is -1.65. The molecule has 0 atom stereocenters. The van der Waals surface area contributed by atoms with Gasteiger partial charge in [-0.15, -0.1) is 0 Å². The van der Waals surface area contributed by atoms with E-state index < -0.39 is 0 Å². The Labute approximate surface area is 107 Å². The summed E-state index contributed by atoms with van der Waals surface area (Å²) in [6.07, 6.45) is 7.90. The summed E-state index contributed by atoms with van der Waals surface area (Å²) in [6, 6.07) is 0. The molecule has 0 bridgehead atoms. The molecule has 1 aromatic rings. The van der Waals surface area contributed by atoms with Crippen LogP contribution in [0.3, 0.4) is 0 Å². The highest BCUT2D eigenvalue weighted by atomic mass is 16.1. The van der Waals surface area contributed by atoms with Gasteiger partial charge in [0, 0.05) is 13.6 Å². The maximum Gasteiger partial charge on any atom is 0.271 e. The first-order valence-electron chi connectivity index (χ1n) is 6.47. The molecule has 1 saturated carbocycles. The summed E-state index contributed by atoms with van der Waals surface area (Å²) in [5, 5.41) is 5.84. The number of nitrogens with zero attached hydrogens (tertiary/aromatic N) is 2. The Morgan fingerprint density at radius 3 is 2.83 bits per heavy atom. The highest BCUT2D eigenvalue weighted by molar-refractivity contribution is 5.92. The third kappa shape index (κ3) is 2.97. The van der Waals surface area contributed by atoms with E-state index in [0.717, 1.165) is 6.54 Å². The summed E-state index contributed by atoms with van der Waals surface area (Å²) in [6.45, 7) is 2.94. The zero-order valence-corrected chi connectivity index (χ0v) is 11.0. The predicted molar refractivity (Wildman–Crippen MR) is 70.5 cm³/mol. The van der Waals surface area contributed by atoms with Crippen molar-refractivity contribution in [3.63, 3.8) is 0 Å². The Morgan fingerprint density at radius 2 is 2.22 bits per heavy atom. The molecule has 5 heteroatoms. The molecule has 2 rings (SSSR count). The predicted octanol–water partition coefficient (Wildman–Crippen LogP) is 1.83. The lowest BCUT2D eigenvalue weighted by molar-refractivity contribution is 0.0938. The van der Waals surface area contributed by atoms with Crippen LogP contribution in [0.2, 0.25) is 0 Å². The molecule has 2 N–H and O–H groups in total. The zero-order chi connectivity index (χ0) is 13.0. The summed E-state index contributed by atoms with van der Waals surface area (Å²) in [4.78, 5) is 20.1. The van der Waals surface area contributed by atoms with Crippen molar-refractivity contribution in [3.8, 4) is 0 Å². The average Bonchev–Trinajstić information content (AvgIpc) is 3.17. The van der Waals surface area contributed by atoms with Crippen LogP contribution in [-0.4, -0.2) is 29.5 Å². The fourth-order valence-electron chi connectivity index (χ4n) is 2.18. The highest BCUT2D eigenvalue weighted by Crippen LogP contribution is 2.48. The van der Waals surface area contributed by atoms with Gasteiger partial charge >= 0.3 is 0 Å². The standard InChI is InChI=1S/C13H20N4O/c1-3-4-13(5-6-13)9-16-12(18)10-7-15-8-11(14-2)17-10/h7-8H,3-6,9H2,1-2H3,(H,14,17)(H,16,18). The SMILES string of the molecule is CCCC1(CNC(=O)c2cncc(NC)n2)CC1. The second-order valence-electron chi connectivity index (χ2n) is 4.97. The molecule has 0 aromatic carbocycles. The maximum absolute atomic E-state index is 12.0. The lowest BCUT2D eigenvalue weighted by Gasteiger charge is -2.14. The van der Waals surface area contributed by atoms with Crippen LogP contribution in [0.15, 0.2) is 12.4 Å². The van der Waals surface area contributed by atoms with E-state index in [2.05, 4.69) is 27.5 Å². The molecular formula is C13H20N4O. The van der Waals surface area contributed by atoms with Crippen LogP contribution in [0.1, 0.15) is 43.1 Å². The Bertz CT molecular complexity index is 429. The summed E-state index contributed by atoms with van der Waals surface area (Å²) in [5.41, 5.74) is 0.729. The van der Waals surface area contributed by atoms with Crippen molar-refractivity contribution in [2.24, 2.45) is 5.41 Å². The van der Waals surface area contributed by atoms with Gasteiger partial charge in [0.1, 0.15) is 11.5 Å². The molecular weight excluding hydrogens is 228 g/mol. The van der Waals surface area contributed by atoms with Gasteiger partial charge in [0.05, 0.1) is 12.4 Å². The van der Waals surface area contributed by atoms with Gasteiger partial charge in [0.15, 0.2) is 0 Å². The number of nitrogens with one attached hydrogen (secondary N) is 2. The van der Waals surface area contributed by atoms with E-state index in [9.17, 15) is 4.79 Å². The second-order valence-corrected chi connectivity index (χ2v) is 4.97. The van der Waals surface area contributed by atoms with Crippen molar-refractivity contribution in [1.82, 2.24) is 15.3 Å². The lowest BCUT2D eigenvalue weighted by Crippen LogP contribution is -2.31. The highest BCUT2D eigenvalue weighted by Gasteiger charge is 2.41. The summed E-state index contributed by atoms with van der Waals surface area (Å²) in [7, 11) is 1.76. The monoisotopic (exact) mass is 248 g/mol. The minimum atomic E-state index is -0.137. The number of hydrogen-bond acceptors (Lipinski definition) is 4. The minimum Gasteiger partial charge on any atom is -0.372 e. The summed E-state index contributed by atoms with van der Waals surface area (Å²) >= 11 is 0. The number of amides is 1. The van der Waals surface area contributed by atoms with Gasteiger partial charge in [-0.3, -0.25) is 9.78 Å². The lowest BCUT2D eigenvalue weighted by atomic mass is 10.0. The van der Waals surface area contributed by atoms with Crippen LogP contribution < -0.4 is 10.6 Å². The number of aromatic nitrogens is 2. The van der Waals surface area contributed by atoms with Gasteiger partial charge in [-0.25, -0.2) is 4.98 Å². The van der Waals surface area contributed by atoms with Crippen LogP contribution in [0, 0.1) is 5.41 Å². The Balaban J connectivity index is 1.91. The molecule has 98 valence electrons. The number of carbonyl (C=O) groups excluding carboxylic acids is 1. The molecule has 0 spiro atoms. The number of carbonyl (C=O) groups is 1.